The first kappa shape index (κ1) is 13.2. The summed E-state index contributed by atoms with van der Waals surface area (Å²) in [5.41, 5.74) is 6.70. The van der Waals surface area contributed by atoms with E-state index < -0.39 is 12.2 Å². The largest absolute Gasteiger partial charge is 0.394 e. The van der Waals surface area contributed by atoms with Crippen LogP contribution < -0.4 is 5.73 Å². The number of H-pyrrole nitrogens is 1. The maximum absolute atomic E-state index is 9.84. The first-order valence-electron chi connectivity index (χ1n) is 6.60. The van der Waals surface area contributed by atoms with Crippen molar-refractivity contribution in [2.75, 3.05) is 12.3 Å². The van der Waals surface area contributed by atoms with Crippen molar-refractivity contribution >= 4 is 17.1 Å². The Bertz CT molecular complexity index is 602. The van der Waals surface area contributed by atoms with E-state index in [2.05, 4.69) is 19.9 Å². The molecule has 108 valence electrons. The van der Waals surface area contributed by atoms with Crippen molar-refractivity contribution < 1.29 is 14.9 Å². The number of nitrogens with two attached hydrogens (primary N) is 1. The molecule has 2 aromatic heterocycles. The zero-order chi connectivity index (χ0) is 14.1. The number of nitrogens with one attached hydrogen (secondary N) is 1. The fourth-order valence-electron chi connectivity index (χ4n) is 2.43. The van der Waals surface area contributed by atoms with Gasteiger partial charge < -0.3 is 25.7 Å². The lowest BCUT2D eigenvalue weighted by molar-refractivity contribution is -0.0902. The van der Waals surface area contributed by atoms with Gasteiger partial charge in [-0.3, -0.25) is 0 Å². The van der Waals surface area contributed by atoms with Gasteiger partial charge in [0, 0.05) is 0 Å². The number of aromatic amines is 1. The van der Waals surface area contributed by atoms with E-state index in [4.69, 9.17) is 10.5 Å². The highest BCUT2D eigenvalue weighted by molar-refractivity contribution is 5.70. The van der Waals surface area contributed by atoms with E-state index in [1.807, 2.05) is 0 Å². The molecule has 1 saturated heterocycles. The lowest BCUT2D eigenvalue weighted by Crippen LogP contribution is -2.31. The monoisotopic (exact) mass is 279 g/mol. The topological polar surface area (TPSA) is 130 Å². The quantitative estimate of drug-likeness (QED) is 0.603. The summed E-state index contributed by atoms with van der Waals surface area (Å²) >= 11 is 0. The van der Waals surface area contributed by atoms with Gasteiger partial charge in [0.05, 0.1) is 18.9 Å². The maximum Gasteiger partial charge on any atom is 0.222 e. The number of hydrogen-bond donors (Lipinski definition) is 4. The molecule has 2 aromatic rings. The molecular weight excluding hydrogens is 262 g/mol. The van der Waals surface area contributed by atoms with Gasteiger partial charge >= 0.3 is 0 Å². The van der Waals surface area contributed by atoms with Crippen LogP contribution in [0.4, 0.5) is 5.95 Å². The number of nitrogens with zero attached hydrogens (tertiary/aromatic N) is 3. The van der Waals surface area contributed by atoms with Crippen molar-refractivity contribution in [2.45, 2.75) is 37.6 Å². The molecule has 3 atom stereocenters. The molecule has 5 N–H and O–H groups in total. The summed E-state index contributed by atoms with van der Waals surface area (Å²) in [6, 6.07) is 0. The van der Waals surface area contributed by atoms with Crippen LogP contribution in [0.1, 0.15) is 31.2 Å². The molecule has 0 spiro atoms. The van der Waals surface area contributed by atoms with Crippen molar-refractivity contribution in [3.8, 4) is 0 Å². The number of imidazole rings is 1. The molecule has 8 heteroatoms. The Balaban J connectivity index is 1.89. The van der Waals surface area contributed by atoms with Gasteiger partial charge in [-0.2, -0.15) is 4.98 Å². The van der Waals surface area contributed by atoms with Crippen LogP contribution in [-0.2, 0) is 4.74 Å². The Morgan fingerprint density at radius 2 is 2.25 bits per heavy atom. The third-order valence-electron chi connectivity index (χ3n) is 3.50. The molecule has 1 aliphatic rings. The first-order chi connectivity index (χ1) is 9.67. The van der Waals surface area contributed by atoms with Gasteiger partial charge in [-0.05, 0) is 19.3 Å². The number of aromatic nitrogens is 4. The van der Waals surface area contributed by atoms with Crippen LogP contribution in [0.2, 0.25) is 0 Å². The van der Waals surface area contributed by atoms with Crippen LogP contribution >= 0.6 is 0 Å². The van der Waals surface area contributed by atoms with E-state index in [9.17, 15) is 10.2 Å². The SMILES string of the molecule is Nc1ncc2[nH]c([C@H]3CCC[C@H](O)[C@@H](CO)O3)nc2n1. The highest BCUT2D eigenvalue weighted by atomic mass is 16.5. The lowest BCUT2D eigenvalue weighted by atomic mass is 10.1. The molecule has 1 aliphatic heterocycles. The Kier molecular flexibility index (Phi) is 3.51. The molecule has 0 aromatic carbocycles. The van der Waals surface area contributed by atoms with Crippen molar-refractivity contribution in [3.05, 3.63) is 12.0 Å². The molecule has 0 radical (unpaired) electrons. The van der Waals surface area contributed by atoms with Crippen molar-refractivity contribution in [1.82, 2.24) is 19.9 Å². The summed E-state index contributed by atoms with van der Waals surface area (Å²) in [7, 11) is 0. The Morgan fingerprint density at radius 3 is 3.05 bits per heavy atom. The van der Waals surface area contributed by atoms with E-state index in [0.717, 1.165) is 12.8 Å². The third-order valence-corrected chi connectivity index (χ3v) is 3.50. The summed E-state index contributed by atoms with van der Waals surface area (Å²) < 4.78 is 5.75. The summed E-state index contributed by atoms with van der Waals surface area (Å²) in [5, 5.41) is 19.1. The summed E-state index contributed by atoms with van der Waals surface area (Å²) in [6.45, 7) is -0.218. The van der Waals surface area contributed by atoms with Gasteiger partial charge in [0.25, 0.3) is 0 Å². The number of nitrogen functional groups attached to an aromatic ring is 1. The number of rotatable bonds is 2. The normalized spacial score (nSPS) is 27.6. The predicted octanol–water partition coefficient (Wildman–Crippen LogP) is -0.102. The van der Waals surface area contributed by atoms with Gasteiger partial charge in [0.15, 0.2) is 5.65 Å². The second-order valence-electron chi connectivity index (χ2n) is 4.93. The average molecular weight is 279 g/mol. The molecule has 0 amide bonds. The standard InChI is InChI=1S/C12H17N5O3/c13-12-14-4-6-10(17-12)16-11(15-6)8-3-1-2-7(19)9(5-18)20-8/h4,7-9,18-19H,1-3,5H2,(H3,13,14,15,16,17)/t7-,8+,9+/m0/s1. The van der Waals surface area contributed by atoms with Gasteiger partial charge in [0.1, 0.15) is 23.5 Å². The van der Waals surface area contributed by atoms with Crippen LogP contribution in [-0.4, -0.2) is 49.0 Å². The van der Waals surface area contributed by atoms with Crippen LogP contribution in [0.3, 0.4) is 0 Å². The van der Waals surface area contributed by atoms with Gasteiger partial charge in [-0.1, -0.05) is 0 Å². The third kappa shape index (κ3) is 2.45. The fraction of sp³-hybridized carbons (Fsp3) is 0.583. The van der Waals surface area contributed by atoms with Gasteiger partial charge in [0.2, 0.25) is 5.95 Å². The van der Waals surface area contributed by atoms with E-state index in [-0.39, 0.29) is 18.7 Å². The number of hydrogen-bond acceptors (Lipinski definition) is 7. The number of fused-ring (bicyclic) bond motifs is 1. The molecule has 0 aliphatic carbocycles. The molecule has 20 heavy (non-hydrogen) atoms. The molecule has 3 rings (SSSR count). The highest BCUT2D eigenvalue weighted by Crippen LogP contribution is 2.29. The average Bonchev–Trinajstić information content (AvgIpc) is 2.75. The predicted molar refractivity (Wildman–Crippen MR) is 70.7 cm³/mol. The number of ether oxygens (including phenoxy) is 1. The number of aliphatic hydroxyl groups is 2. The number of anilines is 1. The van der Waals surface area contributed by atoms with Gasteiger partial charge in [-0.25, -0.2) is 9.97 Å². The van der Waals surface area contributed by atoms with Crippen molar-refractivity contribution in [1.29, 1.82) is 0 Å². The molecule has 8 nitrogen and oxygen atoms in total. The minimum atomic E-state index is -0.648. The lowest BCUT2D eigenvalue weighted by Gasteiger charge is -2.21. The van der Waals surface area contributed by atoms with Crippen molar-refractivity contribution in [2.24, 2.45) is 0 Å². The van der Waals surface area contributed by atoms with Gasteiger partial charge in [-0.15, -0.1) is 0 Å². The van der Waals surface area contributed by atoms with E-state index in [1.165, 1.54) is 0 Å². The minimum absolute atomic E-state index is 0.168. The Morgan fingerprint density at radius 1 is 1.40 bits per heavy atom. The minimum Gasteiger partial charge on any atom is -0.394 e. The summed E-state index contributed by atoms with van der Waals surface area (Å²) in [4.78, 5) is 15.4. The van der Waals surface area contributed by atoms with E-state index in [1.54, 1.807) is 6.20 Å². The fourth-order valence-corrected chi connectivity index (χ4v) is 2.43. The smallest absolute Gasteiger partial charge is 0.222 e. The highest BCUT2D eigenvalue weighted by Gasteiger charge is 2.29. The molecular formula is C12H17N5O3. The Labute approximate surface area is 115 Å². The van der Waals surface area contributed by atoms with E-state index >= 15 is 0 Å². The molecule has 0 unspecified atom stereocenters. The van der Waals surface area contributed by atoms with E-state index in [0.29, 0.717) is 23.4 Å². The summed E-state index contributed by atoms with van der Waals surface area (Å²) in [5.74, 6) is 0.786. The molecule has 0 saturated carbocycles. The zero-order valence-electron chi connectivity index (χ0n) is 10.9. The van der Waals surface area contributed by atoms with Crippen molar-refractivity contribution in [3.63, 3.8) is 0 Å². The molecule has 1 fully saturated rings. The second-order valence-corrected chi connectivity index (χ2v) is 4.93. The molecule has 0 bridgehead atoms. The number of aliphatic hydroxyl groups excluding tert-OH is 2. The zero-order valence-corrected chi connectivity index (χ0v) is 10.9. The van der Waals surface area contributed by atoms with Crippen LogP contribution in [0.25, 0.3) is 11.2 Å². The van der Waals surface area contributed by atoms with Crippen LogP contribution in [0, 0.1) is 0 Å². The Hall–Kier alpha value is -1.77. The van der Waals surface area contributed by atoms with Crippen LogP contribution in [0.15, 0.2) is 6.20 Å². The maximum atomic E-state index is 9.84. The second kappa shape index (κ2) is 5.31. The molecule has 3 heterocycles. The summed E-state index contributed by atoms with van der Waals surface area (Å²) in [6.07, 6.45) is 2.15. The first-order valence-corrected chi connectivity index (χ1v) is 6.60. The van der Waals surface area contributed by atoms with Crippen LogP contribution in [0.5, 0.6) is 0 Å².